The van der Waals surface area contributed by atoms with Crippen molar-refractivity contribution in [3.8, 4) is 0 Å². The molecule has 18 heavy (non-hydrogen) atoms. The lowest BCUT2D eigenvalue weighted by Gasteiger charge is -2.36. The van der Waals surface area contributed by atoms with Crippen LogP contribution in [0.1, 0.15) is 63.6 Å². The van der Waals surface area contributed by atoms with E-state index in [2.05, 4.69) is 28.6 Å². The fourth-order valence-electron chi connectivity index (χ4n) is 3.30. The Labute approximate surface area is 110 Å². The third-order valence-electron chi connectivity index (χ3n) is 4.33. The second-order valence-electron chi connectivity index (χ2n) is 6.07. The number of aryl methyl sites for hydroxylation is 1. The van der Waals surface area contributed by atoms with E-state index in [1.165, 1.54) is 32.1 Å². The number of nitrogens with two attached hydrogens (primary N) is 1. The molecule has 1 fully saturated rings. The highest BCUT2D eigenvalue weighted by molar-refractivity contribution is 5.01. The zero-order chi connectivity index (χ0) is 13.2. The minimum absolute atomic E-state index is 0.268. The van der Waals surface area contributed by atoms with Crippen LogP contribution in [-0.2, 0) is 6.42 Å². The smallest absolute Gasteiger partial charge is 0.133 e. The van der Waals surface area contributed by atoms with Gasteiger partial charge in [-0.15, -0.1) is 10.2 Å². The van der Waals surface area contributed by atoms with Crippen molar-refractivity contribution in [3.05, 3.63) is 11.6 Å². The summed E-state index contributed by atoms with van der Waals surface area (Å²) in [6, 6.07) is 0.424. The van der Waals surface area contributed by atoms with Gasteiger partial charge in [0.25, 0.3) is 0 Å². The normalized spacial score (nSPS) is 19.4. The molecule has 4 nitrogen and oxygen atoms in total. The second kappa shape index (κ2) is 5.39. The molecule has 102 valence electrons. The van der Waals surface area contributed by atoms with Crippen LogP contribution in [0.2, 0.25) is 0 Å². The highest BCUT2D eigenvalue weighted by Crippen LogP contribution is 2.38. The molecule has 1 aromatic rings. The van der Waals surface area contributed by atoms with Crippen molar-refractivity contribution in [2.45, 2.75) is 65.3 Å². The van der Waals surface area contributed by atoms with E-state index in [4.69, 9.17) is 5.73 Å². The maximum Gasteiger partial charge on any atom is 0.133 e. The van der Waals surface area contributed by atoms with Crippen molar-refractivity contribution in [2.24, 2.45) is 11.1 Å². The van der Waals surface area contributed by atoms with Gasteiger partial charge in [-0.05, 0) is 45.6 Å². The molecule has 4 heteroatoms. The summed E-state index contributed by atoms with van der Waals surface area (Å²) in [7, 11) is 0. The number of hydrogen-bond donors (Lipinski definition) is 1. The molecule has 0 spiro atoms. The molecule has 0 bridgehead atoms. The Balaban J connectivity index is 2.21. The molecule has 1 aliphatic rings. The molecule has 0 radical (unpaired) electrons. The standard InChI is InChI=1S/C14H26N4/c1-11(2)18-12(3)16-17-13(18)9-14(10-15)7-5-4-6-8-14/h11H,4-10,15H2,1-3H3. The zero-order valence-corrected chi connectivity index (χ0v) is 11.9. The Morgan fingerprint density at radius 1 is 1.22 bits per heavy atom. The van der Waals surface area contributed by atoms with Gasteiger partial charge in [-0.1, -0.05) is 19.3 Å². The van der Waals surface area contributed by atoms with E-state index in [0.717, 1.165) is 24.6 Å². The molecule has 2 rings (SSSR count). The predicted octanol–water partition coefficient (Wildman–Crippen LogP) is 2.62. The number of hydrogen-bond acceptors (Lipinski definition) is 3. The Hall–Kier alpha value is -0.900. The number of rotatable bonds is 4. The molecule has 0 atom stereocenters. The molecule has 0 aromatic carbocycles. The molecule has 2 N–H and O–H groups in total. The molecule has 1 saturated carbocycles. The van der Waals surface area contributed by atoms with Crippen LogP contribution in [0.3, 0.4) is 0 Å². The SMILES string of the molecule is Cc1nnc(CC2(CN)CCCCC2)n1C(C)C. The second-order valence-corrected chi connectivity index (χ2v) is 6.07. The van der Waals surface area contributed by atoms with Crippen LogP contribution < -0.4 is 5.73 Å². The van der Waals surface area contributed by atoms with Gasteiger partial charge >= 0.3 is 0 Å². The molecule has 1 aromatic heterocycles. The largest absolute Gasteiger partial charge is 0.330 e. The van der Waals surface area contributed by atoms with Gasteiger partial charge in [-0.2, -0.15) is 0 Å². The van der Waals surface area contributed by atoms with E-state index in [1.807, 2.05) is 6.92 Å². The first-order valence-electron chi connectivity index (χ1n) is 7.18. The van der Waals surface area contributed by atoms with Gasteiger partial charge in [-0.25, -0.2) is 0 Å². The Kier molecular flexibility index (Phi) is 4.05. The fraction of sp³-hybridized carbons (Fsp3) is 0.857. The van der Waals surface area contributed by atoms with Crippen LogP contribution in [0.15, 0.2) is 0 Å². The Morgan fingerprint density at radius 2 is 1.89 bits per heavy atom. The van der Waals surface area contributed by atoms with Gasteiger partial charge in [0, 0.05) is 12.5 Å². The molecule has 0 saturated heterocycles. The van der Waals surface area contributed by atoms with Crippen molar-refractivity contribution >= 4 is 0 Å². The summed E-state index contributed by atoms with van der Waals surface area (Å²) < 4.78 is 2.26. The lowest BCUT2D eigenvalue weighted by atomic mass is 9.71. The van der Waals surface area contributed by atoms with Gasteiger partial charge in [0.05, 0.1) is 0 Å². The van der Waals surface area contributed by atoms with Crippen LogP contribution in [0.5, 0.6) is 0 Å². The first-order valence-corrected chi connectivity index (χ1v) is 7.18. The van der Waals surface area contributed by atoms with Crippen molar-refractivity contribution in [1.29, 1.82) is 0 Å². The highest BCUT2D eigenvalue weighted by atomic mass is 15.3. The Bertz CT molecular complexity index is 388. The number of nitrogens with zero attached hydrogens (tertiary/aromatic N) is 3. The summed E-state index contributed by atoms with van der Waals surface area (Å²) in [5.41, 5.74) is 6.33. The summed E-state index contributed by atoms with van der Waals surface area (Å²) in [4.78, 5) is 0. The maximum atomic E-state index is 6.06. The van der Waals surface area contributed by atoms with Gasteiger partial charge in [0.15, 0.2) is 0 Å². The van der Waals surface area contributed by atoms with Crippen molar-refractivity contribution in [2.75, 3.05) is 6.54 Å². The molecule has 1 aliphatic carbocycles. The summed E-state index contributed by atoms with van der Waals surface area (Å²) in [6.07, 6.45) is 7.46. The van der Waals surface area contributed by atoms with Crippen molar-refractivity contribution < 1.29 is 0 Å². The lowest BCUT2D eigenvalue weighted by Crippen LogP contribution is -2.36. The van der Waals surface area contributed by atoms with E-state index in [0.29, 0.717) is 6.04 Å². The monoisotopic (exact) mass is 250 g/mol. The molecule has 0 unspecified atom stereocenters. The molecular formula is C14H26N4. The topological polar surface area (TPSA) is 56.7 Å². The average molecular weight is 250 g/mol. The van der Waals surface area contributed by atoms with Crippen LogP contribution in [0.4, 0.5) is 0 Å². The first-order chi connectivity index (χ1) is 8.58. The van der Waals surface area contributed by atoms with E-state index >= 15 is 0 Å². The maximum absolute atomic E-state index is 6.06. The van der Waals surface area contributed by atoms with E-state index < -0.39 is 0 Å². The van der Waals surface area contributed by atoms with E-state index in [9.17, 15) is 0 Å². The van der Waals surface area contributed by atoms with Gasteiger partial charge in [0.2, 0.25) is 0 Å². The summed E-state index contributed by atoms with van der Waals surface area (Å²) in [6.45, 7) is 7.19. The van der Waals surface area contributed by atoms with Gasteiger partial charge in [0.1, 0.15) is 11.6 Å². The molecule has 1 heterocycles. The van der Waals surface area contributed by atoms with Crippen molar-refractivity contribution in [1.82, 2.24) is 14.8 Å². The summed E-state index contributed by atoms with van der Waals surface area (Å²) >= 11 is 0. The third kappa shape index (κ3) is 2.58. The van der Waals surface area contributed by atoms with Crippen LogP contribution in [0.25, 0.3) is 0 Å². The number of aromatic nitrogens is 3. The zero-order valence-electron chi connectivity index (χ0n) is 11.9. The van der Waals surface area contributed by atoms with Gasteiger partial charge < -0.3 is 10.3 Å². The van der Waals surface area contributed by atoms with E-state index in [-0.39, 0.29) is 5.41 Å². The van der Waals surface area contributed by atoms with E-state index in [1.54, 1.807) is 0 Å². The van der Waals surface area contributed by atoms with Crippen molar-refractivity contribution in [3.63, 3.8) is 0 Å². The average Bonchev–Trinajstić information content (AvgIpc) is 2.71. The predicted molar refractivity (Wildman–Crippen MR) is 73.4 cm³/mol. The van der Waals surface area contributed by atoms with Gasteiger partial charge in [-0.3, -0.25) is 0 Å². The molecule has 0 aliphatic heterocycles. The quantitative estimate of drug-likeness (QED) is 0.893. The minimum atomic E-state index is 0.268. The highest BCUT2D eigenvalue weighted by Gasteiger charge is 2.33. The summed E-state index contributed by atoms with van der Waals surface area (Å²) in [5, 5.41) is 8.62. The fourth-order valence-corrected chi connectivity index (χ4v) is 3.30. The van der Waals surface area contributed by atoms with Crippen LogP contribution in [-0.4, -0.2) is 21.3 Å². The third-order valence-corrected chi connectivity index (χ3v) is 4.33. The Morgan fingerprint density at radius 3 is 2.44 bits per heavy atom. The minimum Gasteiger partial charge on any atom is -0.330 e. The molecule has 0 amide bonds. The summed E-state index contributed by atoms with van der Waals surface area (Å²) in [5.74, 6) is 2.14. The van der Waals surface area contributed by atoms with Crippen LogP contribution in [0, 0.1) is 12.3 Å². The van der Waals surface area contributed by atoms with Crippen LogP contribution >= 0.6 is 0 Å². The lowest BCUT2D eigenvalue weighted by molar-refractivity contribution is 0.190. The first kappa shape index (κ1) is 13.5. The molecular weight excluding hydrogens is 224 g/mol.